The van der Waals surface area contributed by atoms with Gasteiger partial charge in [0.1, 0.15) is 11.4 Å². The number of alkyl halides is 3. The number of hydrogen-bond donors (Lipinski definition) is 1. The standard InChI is InChI=1S/C18H21F3N2O5S/c19-18(20,21)8-28-15-4-13(23-7-12(15)11-2-1-3-11)14(24)5-17(6-16(22)25)9-29(26,27)10-17/h4,7,11H,1-3,5-6,8-10H2,(H2,22,25). The van der Waals surface area contributed by atoms with E-state index in [1.165, 1.54) is 12.3 Å². The fourth-order valence-electron chi connectivity index (χ4n) is 3.87. The minimum absolute atomic E-state index is 0.0351. The number of Topliss-reactive ketones (excluding diaryl/α,β-unsaturated/α-hetero) is 1. The van der Waals surface area contributed by atoms with Crippen molar-refractivity contribution in [1.82, 2.24) is 4.98 Å². The molecule has 1 aromatic rings. The number of hydrogen-bond acceptors (Lipinski definition) is 6. The maximum Gasteiger partial charge on any atom is 0.422 e. The molecule has 2 fully saturated rings. The van der Waals surface area contributed by atoms with Gasteiger partial charge < -0.3 is 10.5 Å². The van der Waals surface area contributed by atoms with Crippen LogP contribution < -0.4 is 10.5 Å². The molecule has 1 saturated heterocycles. The van der Waals surface area contributed by atoms with E-state index in [1.807, 2.05) is 0 Å². The van der Waals surface area contributed by atoms with E-state index < -0.39 is 39.7 Å². The summed E-state index contributed by atoms with van der Waals surface area (Å²) in [6.07, 6.45) is -1.18. The molecular formula is C18H21F3N2O5S. The number of ether oxygens (including phenoxy) is 1. The number of amides is 1. The largest absolute Gasteiger partial charge is 0.484 e. The SMILES string of the molecule is NC(=O)CC1(CC(=O)c2cc(OCC(F)(F)F)c(C3CCC3)cn2)CS(=O)(=O)C1. The van der Waals surface area contributed by atoms with Crippen LogP contribution >= 0.6 is 0 Å². The summed E-state index contributed by atoms with van der Waals surface area (Å²) in [5.74, 6) is -1.99. The number of carbonyl (C=O) groups is 2. The van der Waals surface area contributed by atoms with Gasteiger partial charge in [-0.15, -0.1) is 0 Å². The second kappa shape index (κ2) is 7.58. The van der Waals surface area contributed by atoms with E-state index in [2.05, 4.69) is 4.98 Å². The molecular weight excluding hydrogens is 413 g/mol. The summed E-state index contributed by atoms with van der Waals surface area (Å²) in [7, 11) is -3.34. The lowest BCUT2D eigenvalue weighted by molar-refractivity contribution is -0.153. The van der Waals surface area contributed by atoms with Crippen molar-refractivity contribution >= 4 is 21.5 Å². The van der Waals surface area contributed by atoms with Crippen LogP contribution in [-0.2, 0) is 14.6 Å². The molecule has 2 aliphatic rings. The first-order valence-corrected chi connectivity index (χ1v) is 10.9. The van der Waals surface area contributed by atoms with Crippen LogP contribution in [0, 0.1) is 5.41 Å². The summed E-state index contributed by atoms with van der Waals surface area (Å²) in [5, 5.41) is 0. The van der Waals surface area contributed by atoms with Gasteiger partial charge in [0.15, 0.2) is 22.2 Å². The number of sulfone groups is 1. The molecule has 0 unspecified atom stereocenters. The molecule has 0 atom stereocenters. The summed E-state index contributed by atoms with van der Waals surface area (Å²) < 4.78 is 65.9. The molecule has 11 heteroatoms. The van der Waals surface area contributed by atoms with Crippen LogP contribution in [0.4, 0.5) is 13.2 Å². The van der Waals surface area contributed by atoms with E-state index in [0.29, 0.717) is 5.56 Å². The Kier molecular flexibility index (Phi) is 5.63. The Hall–Kier alpha value is -2.17. The molecule has 1 aliphatic carbocycles. The summed E-state index contributed by atoms with van der Waals surface area (Å²) in [6, 6.07) is 1.17. The fourth-order valence-corrected chi connectivity index (χ4v) is 6.06. The number of aromatic nitrogens is 1. The van der Waals surface area contributed by atoms with E-state index in [-0.39, 0.29) is 41.7 Å². The smallest absolute Gasteiger partial charge is 0.422 e. The summed E-state index contributed by atoms with van der Waals surface area (Å²) in [6.45, 7) is -1.49. The van der Waals surface area contributed by atoms with Gasteiger partial charge in [-0.25, -0.2) is 8.42 Å². The number of primary amides is 1. The highest BCUT2D eigenvalue weighted by atomic mass is 32.2. The van der Waals surface area contributed by atoms with Crippen molar-refractivity contribution in [3.05, 3.63) is 23.5 Å². The monoisotopic (exact) mass is 434 g/mol. The lowest BCUT2D eigenvalue weighted by Gasteiger charge is -2.39. The van der Waals surface area contributed by atoms with E-state index in [0.717, 1.165) is 19.3 Å². The Morgan fingerprint density at radius 1 is 1.24 bits per heavy atom. The van der Waals surface area contributed by atoms with Crippen LogP contribution in [0.3, 0.4) is 0 Å². The zero-order valence-electron chi connectivity index (χ0n) is 15.5. The molecule has 0 aromatic carbocycles. The van der Waals surface area contributed by atoms with E-state index in [1.54, 1.807) is 0 Å². The van der Waals surface area contributed by atoms with Crippen molar-refractivity contribution < 1.29 is 35.9 Å². The van der Waals surface area contributed by atoms with Crippen LogP contribution in [-0.4, -0.2) is 49.4 Å². The molecule has 1 aliphatic heterocycles. The van der Waals surface area contributed by atoms with Gasteiger partial charge in [0.25, 0.3) is 0 Å². The summed E-state index contributed by atoms with van der Waals surface area (Å²) in [4.78, 5) is 28.0. The molecule has 0 radical (unpaired) electrons. The number of ketones is 1. The lowest BCUT2D eigenvalue weighted by Crippen LogP contribution is -2.51. The molecule has 160 valence electrons. The van der Waals surface area contributed by atoms with Crippen molar-refractivity contribution in [1.29, 1.82) is 0 Å². The van der Waals surface area contributed by atoms with Crippen LogP contribution in [0.2, 0.25) is 0 Å². The Balaban J connectivity index is 1.81. The van der Waals surface area contributed by atoms with Gasteiger partial charge in [-0.2, -0.15) is 13.2 Å². The number of nitrogens with zero attached hydrogens (tertiary/aromatic N) is 1. The highest BCUT2D eigenvalue weighted by Gasteiger charge is 2.50. The molecule has 3 rings (SSSR count). The Labute approximate surface area is 165 Å². The first-order valence-electron chi connectivity index (χ1n) is 9.10. The van der Waals surface area contributed by atoms with Crippen LogP contribution in [0.1, 0.15) is 54.1 Å². The van der Waals surface area contributed by atoms with Crippen molar-refractivity contribution in [2.45, 2.75) is 44.2 Å². The Bertz CT molecular complexity index is 914. The molecule has 0 spiro atoms. The average molecular weight is 434 g/mol. The highest BCUT2D eigenvalue weighted by Crippen LogP contribution is 2.43. The minimum Gasteiger partial charge on any atom is -0.484 e. The van der Waals surface area contributed by atoms with Crippen LogP contribution in [0.15, 0.2) is 12.3 Å². The van der Waals surface area contributed by atoms with Crippen molar-refractivity contribution in [3.63, 3.8) is 0 Å². The fraction of sp³-hybridized carbons (Fsp3) is 0.611. The number of nitrogens with two attached hydrogens (primary N) is 1. The molecule has 29 heavy (non-hydrogen) atoms. The van der Waals surface area contributed by atoms with Gasteiger partial charge in [-0.05, 0) is 18.8 Å². The topological polar surface area (TPSA) is 116 Å². The van der Waals surface area contributed by atoms with Crippen molar-refractivity contribution in [2.75, 3.05) is 18.1 Å². The minimum atomic E-state index is -4.53. The van der Waals surface area contributed by atoms with Crippen molar-refractivity contribution in [2.24, 2.45) is 11.1 Å². The van der Waals surface area contributed by atoms with Crippen molar-refractivity contribution in [3.8, 4) is 5.75 Å². The van der Waals surface area contributed by atoms with E-state index in [4.69, 9.17) is 10.5 Å². The zero-order chi connectivity index (χ0) is 21.4. The van der Waals surface area contributed by atoms with Crippen LogP contribution in [0.5, 0.6) is 5.75 Å². The molecule has 1 aromatic heterocycles. The lowest BCUT2D eigenvalue weighted by atomic mass is 9.79. The highest BCUT2D eigenvalue weighted by molar-refractivity contribution is 7.92. The predicted molar refractivity (Wildman–Crippen MR) is 96.2 cm³/mol. The van der Waals surface area contributed by atoms with E-state index in [9.17, 15) is 31.2 Å². The van der Waals surface area contributed by atoms with Crippen LogP contribution in [0.25, 0.3) is 0 Å². The molecule has 7 nitrogen and oxygen atoms in total. The molecule has 2 heterocycles. The first-order chi connectivity index (χ1) is 13.4. The maximum absolute atomic E-state index is 12.7. The Morgan fingerprint density at radius 3 is 2.38 bits per heavy atom. The number of halogens is 3. The molecule has 1 saturated carbocycles. The number of rotatable bonds is 8. The Morgan fingerprint density at radius 2 is 1.90 bits per heavy atom. The number of carbonyl (C=O) groups excluding carboxylic acids is 2. The second-order valence-electron chi connectivity index (χ2n) is 7.91. The second-order valence-corrected chi connectivity index (χ2v) is 9.98. The van der Waals surface area contributed by atoms with Gasteiger partial charge >= 0.3 is 6.18 Å². The number of pyridine rings is 1. The first kappa shape index (κ1) is 21.5. The zero-order valence-corrected chi connectivity index (χ0v) is 16.3. The normalized spacial score (nSPS) is 20.4. The predicted octanol–water partition coefficient (Wildman–Crippen LogP) is 2.15. The van der Waals surface area contributed by atoms with Gasteiger partial charge in [0.2, 0.25) is 5.91 Å². The third kappa shape index (κ3) is 5.26. The third-order valence-corrected chi connectivity index (χ3v) is 7.36. The van der Waals surface area contributed by atoms with Gasteiger partial charge in [0, 0.05) is 36.1 Å². The molecule has 0 bridgehead atoms. The van der Waals surface area contributed by atoms with Gasteiger partial charge in [-0.1, -0.05) is 6.42 Å². The quantitative estimate of drug-likeness (QED) is 0.627. The molecule has 1 amide bonds. The van der Waals surface area contributed by atoms with Gasteiger partial charge in [0.05, 0.1) is 11.5 Å². The third-order valence-electron chi connectivity index (χ3n) is 5.25. The maximum atomic E-state index is 12.7. The summed E-state index contributed by atoms with van der Waals surface area (Å²) >= 11 is 0. The summed E-state index contributed by atoms with van der Waals surface area (Å²) in [5.41, 5.74) is 4.49. The molecule has 2 N–H and O–H groups in total. The van der Waals surface area contributed by atoms with Gasteiger partial charge in [-0.3, -0.25) is 14.6 Å². The average Bonchev–Trinajstić information content (AvgIpc) is 2.48. The van der Waals surface area contributed by atoms with E-state index >= 15 is 0 Å².